The maximum atomic E-state index is 2.55. The molecule has 1 heteroatoms. The second-order valence-corrected chi connectivity index (χ2v) is 8.54. The third kappa shape index (κ3) is 2.65. The average Bonchev–Trinajstić information content (AvgIpc) is 2.33. The van der Waals surface area contributed by atoms with E-state index in [4.69, 9.17) is 0 Å². The molecule has 2 aliphatic rings. The predicted molar refractivity (Wildman–Crippen MR) is 92.9 cm³/mol. The zero-order valence-electron chi connectivity index (χ0n) is 14.8. The van der Waals surface area contributed by atoms with Gasteiger partial charge < -0.3 is 0 Å². The summed E-state index contributed by atoms with van der Waals surface area (Å²) in [6, 6.07) is 0. The van der Waals surface area contributed by atoms with Gasteiger partial charge in [0.15, 0.2) is 0 Å². The first-order valence-electron chi connectivity index (χ1n) is 8.57. The van der Waals surface area contributed by atoms with Crippen LogP contribution >= 0.6 is 0 Å². The minimum Gasteiger partial charge on any atom is -0.0705 e. The first-order valence-corrected chi connectivity index (χ1v) is 8.57. The molecule has 20 heavy (non-hydrogen) atoms. The molecular formula is C19H33B. The molecular weight excluding hydrogens is 239 g/mol. The van der Waals surface area contributed by atoms with E-state index >= 15 is 0 Å². The van der Waals surface area contributed by atoms with Crippen molar-refractivity contribution in [1.29, 1.82) is 0 Å². The Morgan fingerprint density at radius 2 is 1.95 bits per heavy atom. The average molecular weight is 272 g/mol. The summed E-state index contributed by atoms with van der Waals surface area (Å²) in [5.41, 5.74) is 5.33. The zero-order valence-corrected chi connectivity index (χ0v) is 14.8. The van der Waals surface area contributed by atoms with Gasteiger partial charge in [0, 0.05) is 0 Å². The van der Waals surface area contributed by atoms with Gasteiger partial charge in [-0.25, -0.2) is 0 Å². The maximum Gasteiger partial charge on any atom is 0.109 e. The van der Waals surface area contributed by atoms with Crippen LogP contribution in [0.15, 0.2) is 22.8 Å². The molecule has 0 aromatic carbocycles. The fourth-order valence-corrected chi connectivity index (χ4v) is 4.76. The molecule has 0 bridgehead atoms. The molecule has 0 radical (unpaired) electrons. The van der Waals surface area contributed by atoms with E-state index in [2.05, 4.69) is 55.5 Å². The summed E-state index contributed by atoms with van der Waals surface area (Å²) in [5.74, 6) is 1.55. The molecule has 3 atom stereocenters. The van der Waals surface area contributed by atoms with Crippen molar-refractivity contribution in [3.8, 4) is 0 Å². The van der Waals surface area contributed by atoms with Crippen LogP contribution in [0.2, 0.25) is 5.31 Å². The summed E-state index contributed by atoms with van der Waals surface area (Å²) in [6.45, 7) is 14.4. The van der Waals surface area contributed by atoms with Gasteiger partial charge in [0.2, 0.25) is 0 Å². The van der Waals surface area contributed by atoms with E-state index in [0.29, 0.717) is 16.6 Å². The van der Waals surface area contributed by atoms with Gasteiger partial charge in [-0.15, -0.1) is 0 Å². The van der Waals surface area contributed by atoms with Gasteiger partial charge in [-0.1, -0.05) is 63.1 Å². The minimum absolute atomic E-state index is 0.448. The quantitative estimate of drug-likeness (QED) is 0.597. The van der Waals surface area contributed by atoms with Crippen molar-refractivity contribution in [3.63, 3.8) is 0 Å². The Hall–Kier alpha value is -0.455. The second-order valence-electron chi connectivity index (χ2n) is 8.54. The smallest absolute Gasteiger partial charge is 0.0705 e. The van der Waals surface area contributed by atoms with E-state index in [1.54, 1.807) is 11.1 Å². The van der Waals surface area contributed by atoms with Crippen LogP contribution in [-0.4, -0.2) is 7.85 Å². The largest absolute Gasteiger partial charge is 0.109 e. The summed E-state index contributed by atoms with van der Waals surface area (Å²) in [6.07, 6.45) is 9.39. The molecule has 3 unspecified atom stereocenters. The van der Waals surface area contributed by atoms with E-state index < -0.39 is 0 Å². The van der Waals surface area contributed by atoms with Crippen LogP contribution in [0.5, 0.6) is 0 Å². The Morgan fingerprint density at radius 1 is 1.30 bits per heavy atom. The van der Waals surface area contributed by atoms with Crippen LogP contribution in [0.3, 0.4) is 0 Å². The van der Waals surface area contributed by atoms with Crippen LogP contribution in [0.25, 0.3) is 0 Å². The van der Waals surface area contributed by atoms with E-state index in [0.717, 1.165) is 5.92 Å². The summed E-state index contributed by atoms with van der Waals surface area (Å²) >= 11 is 0. The van der Waals surface area contributed by atoms with E-state index in [1.165, 1.54) is 37.7 Å². The summed E-state index contributed by atoms with van der Waals surface area (Å²) in [7, 11) is 2.50. The molecule has 0 nitrogen and oxygen atoms in total. The van der Waals surface area contributed by atoms with Gasteiger partial charge in [0.1, 0.15) is 7.85 Å². The Bertz CT molecular complexity index is 439. The lowest BCUT2D eigenvalue weighted by atomic mass is 9.44. The molecule has 0 N–H and O–H groups in total. The second kappa shape index (κ2) is 5.39. The third-order valence-electron chi connectivity index (χ3n) is 6.58. The molecule has 0 spiro atoms. The zero-order chi connectivity index (χ0) is 15.1. The molecule has 0 aromatic rings. The number of hydrogen-bond acceptors (Lipinski definition) is 0. The first kappa shape index (κ1) is 15.9. The molecule has 0 saturated heterocycles. The monoisotopic (exact) mass is 272 g/mol. The first-order chi connectivity index (χ1) is 9.18. The van der Waals surface area contributed by atoms with Crippen LogP contribution in [0.1, 0.15) is 73.6 Å². The van der Waals surface area contributed by atoms with Crippen molar-refractivity contribution in [1.82, 2.24) is 0 Å². The predicted octanol–water partition coefficient (Wildman–Crippen LogP) is 5.32. The standard InChI is InChI=1S/C19H33B/c1-13(2)14(3)12-16-8-9-17-18(5,15(16)4)10-7-11-19(17,6)20/h12-13,17H,7-11,20H2,1-6H3/b14-12+. The lowest BCUT2D eigenvalue weighted by Gasteiger charge is -2.55. The molecule has 0 aliphatic heterocycles. The minimum atomic E-state index is 0.448. The fraction of sp³-hybridized carbons (Fsp3) is 0.789. The van der Waals surface area contributed by atoms with Crippen LogP contribution in [-0.2, 0) is 0 Å². The molecule has 0 heterocycles. The van der Waals surface area contributed by atoms with Crippen molar-refractivity contribution in [2.24, 2.45) is 17.3 Å². The van der Waals surface area contributed by atoms with Gasteiger partial charge in [0.05, 0.1) is 0 Å². The highest BCUT2D eigenvalue weighted by Gasteiger charge is 2.48. The van der Waals surface area contributed by atoms with Gasteiger partial charge in [-0.3, -0.25) is 0 Å². The van der Waals surface area contributed by atoms with Gasteiger partial charge in [0.25, 0.3) is 0 Å². The van der Waals surface area contributed by atoms with Crippen molar-refractivity contribution >= 4 is 7.85 Å². The lowest BCUT2D eigenvalue weighted by molar-refractivity contribution is 0.0935. The van der Waals surface area contributed by atoms with Crippen LogP contribution in [0, 0.1) is 17.3 Å². The third-order valence-corrected chi connectivity index (χ3v) is 6.58. The van der Waals surface area contributed by atoms with E-state index in [9.17, 15) is 0 Å². The SMILES string of the molecule is BC1(C)CCCC2(C)C(C)=C(/C=C(\C)C(C)C)CCC12. The fourth-order valence-electron chi connectivity index (χ4n) is 4.76. The molecule has 112 valence electrons. The van der Waals surface area contributed by atoms with Crippen molar-refractivity contribution in [2.75, 3.05) is 0 Å². The number of hydrogen-bond donors (Lipinski definition) is 0. The lowest BCUT2D eigenvalue weighted by Crippen LogP contribution is -2.43. The Morgan fingerprint density at radius 3 is 2.55 bits per heavy atom. The molecule has 0 amide bonds. The molecule has 2 aliphatic carbocycles. The van der Waals surface area contributed by atoms with E-state index in [1.807, 2.05) is 0 Å². The van der Waals surface area contributed by atoms with Gasteiger partial charge in [-0.2, -0.15) is 0 Å². The molecule has 2 rings (SSSR count). The topological polar surface area (TPSA) is 0 Å². The molecule has 0 aromatic heterocycles. The summed E-state index contributed by atoms with van der Waals surface area (Å²) in [5, 5.41) is 0.524. The number of fused-ring (bicyclic) bond motifs is 1. The highest BCUT2D eigenvalue weighted by atomic mass is 14.5. The van der Waals surface area contributed by atoms with Gasteiger partial charge in [-0.05, 0) is 55.9 Å². The summed E-state index contributed by atoms with van der Waals surface area (Å²) < 4.78 is 0. The Balaban J connectivity index is 2.39. The van der Waals surface area contributed by atoms with Crippen molar-refractivity contribution < 1.29 is 0 Å². The maximum absolute atomic E-state index is 2.55. The van der Waals surface area contributed by atoms with Gasteiger partial charge >= 0.3 is 0 Å². The number of rotatable bonds is 2. The molecule has 1 saturated carbocycles. The van der Waals surface area contributed by atoms with E-state index in [-0.39, 0.29) is 0 Å². The van der Waals surface area contributed by atoms with Crippen LogP contribution in [0.4, 0.5) is 0 Å². The van der Waals surface area contributed by atoms with Crippen molar-refractivity contribution in [2.45, 2.75) is 79.0 Å². The molecule has 1 fully saturated rings. The highest BCUT2D eigenvalue weighted by Crippen LogP contribution is 2.61. The van der Waals surface area contributed by atoms with Crippen molar-refractivity contribution in [3.05, 3.63) is 22.8 Å². The highest BCUT2D eigenvalue weighted by molar-refractivity contribution is 6.15. The Labute approximate surface area is 127 Å². The normalized spacial score (nSPS) is 39.1. The summed E-state index contributed by atoms with van der Waals surface area (Å²) in [4.78, 5) is 0. The van der Waals surface area contributed by atoms with Crippen LogP contribution < -0.4 is 0 Å². The Kier molecular flexibility index (Phi) is 4.29. The number of allylic oxidation sites excluding steroid dienone is 4.